The molecule has 2 heterocycles. The van der Waals surface area contributed by atoms with Crippen molar-refractivity contribution in [2.24, 2.45) is 5.92 Å². The lowest BCUT2D eigenvalue weighted by Crippen LogP contribution is -2.43. The van der Waals surface area contributed by atoms with Crippen molar-refractivity contribution in [3.8, 4) is 0 Å². The van der Waals surface area contributed by atoms with Gasteiger partial charge in [0.1, 0.15) is 18.3 Å². The second-order valence-corrected chi connectivity index (χ2v) is 5.00. The number of alkyl halides is 1. The Morgan fingerprint density at radius 2 is 2.38 bits per heavy atom. The topological polar surface area (TPSA) is 27.1 Å². The molecule has 0 radical (unpaired) electrons. The number of fused-ring (bicyclic) bond motifs is 1. The highest BCUT2D eigenvalue weighted by atomic mass is 19.1. The van der Waals surface area contributed by atoms with E-state index in [2.05, 4.69) is 25.9 Å². The zero-order chi connectivity index (χ0) is 11.9. The molecule has 4 heteroatoms. The van der Waals surface area contributed by atoms with E-state index in [9.17, 15) is 4.39 Å². The Bertz CT molecular complexity index is 388. The van der Waals surface area contributed by atoms with Gasteiger partial charge in [0, 0.05) is 0 Å². The van der Waals surface area contributed by atoms with Crippen LogP contribution in [-0.2, 0) is 10.3 Å². The zero-order valence-corrected chi connectivity index (χ0v) is 10.3. The highest BCUT2D eigenvalue weighted by Gasteiger charge is 2.41. The molecule has 1 aliphatic rings. The van der Waals surface area contributed by atoms with E-state index in [1.165, 1.54) is 0 Å². The first-order chi connectivity index (χ1) is 7.50. The zero-order valence-electron chi connectivity index (χ0n) is 10.3. The summed E-state index contributed by atoms with van der Waals surface area (Å²) in [5.74, 6) is 0.335. The van der Waals surface area contributed by atoms with Gasteiger partial charge in [0.25, 0.3) is 0 Å². The molecule has 1 aromatic heterocycles. The van der Waals surface area contributed by atoms with Crippen molar-refractivity contribution in [2.75, 3.05) is 13.3 Å². The molecule has 0 aromatic carbocycles. The SMILES string of the molecule is Cc1cnn2c1C(C)(C(C)C)OCC2CF. The van der Waals surface area contributed by atoms with Crippen LogP contribution in [0.15, 0.2) is 6.20 Å². The molecule has 1 aliphatic heterocycles. The average molecular weight is 226 g/mol. The molecule has 0 fully saturated rings. The number of aromatic nitrogens is 2. The Balaban J connectivity index is 2.53. The van der Waals surface area contributed by atoms with Gasteiger partial charge in [-0.25, -0.2) is 4.39 Å². The summed E-state index contributed by atoms with van der Waals surface area (Å²) in [6.07, 6.45) is 1.80. The molecule has 0 N–H and O–H groups in total. The van der Waals surface area contributed by atoms with Crippen LogP contribution in [-0.4, -0.2) is 23.1 Å². The Labute approximate surface area is 95.6 Å². The minimum atomic E-state index is -0.428. The molecule has 2 rings (SSSR count). The quantitative estimate of drug-likeness (QED) is 0.775. The first-order valence-electron chi connectivity index (χ1n) is 5.75. The smallest absolute Gasteiger partial charge is 0.114 e. The lowest BCUT2D eigenvalue weighted by molar-refractivity contribution is -0.113. The summed E-state index contributed by atoms with van der Waals surface area (Å²) in [6, 6.07) is -0.268. The third kappa shape index (κ3) is 1.47. The maximum atomic E-state index is 12.9. The fourth-order valence-corrected chi connectivity index (χ4v) is 2.30. The number of aryl methyl sites for hydroxylation is 1. The fraction of sp³-hybridized carbons (Fsp3) is 0.750. The minimum absolute atomic E-state index is 0.268. The van der Waals surface area contributed by atoms with Crippen molar-refractivity contribution in [1.29, 1.82) is 0 Å². The van der Waals surface area contributed by atoms with Gasteiger partial charge in [0.05, 0.1) is 18.5 Å². The highest BCUT2D eigenvalue weighted by Crippen LogP contribution is 2.40. The molecular formula is C12H19FN2O. The van der Waals surface area contributed by atoms with Gasteiger partial charge in [-0.15, -0.1) is 0 Å². The number of hydrogen-bond acceptors (Lipinski definition) is 2. The summed E-state index contributed by atoms with van der Waals surface area (Å²) in [7, 11) is 0. The van der Waals surface area contributed by atoms with Crippen LogP contribution in [0, 0.1) is 12.8 Å². The van der Waals surface area contributed by atoms with Crippen molar-refractivity contribution in [2.45, 2.75) is 39.3 Å². The summed E-state index contributed by atoms with van der Waals surface area (Å²) in [6.45, 7) is 8.27. The van der Waals surface area contributed by atoms with Crippen LogP contribution < -0.4 is 0 Å². The fourth-order valence-electron chi connectivity index (χ4n) is 2.30. The van der Waals surface area contributed by atoms with Gasteiger partial charge in [-0.3, -0.25) is 4.68 Å². The van der Waals surface area contributed by atoms with E-state index < -0.39 is 6.67 Å². The number of ether oxygens (including phenoxy) is 1. The molecule has 16 heavy (non-hydrogen) atoms. The molecular weight excluding hydrogens is 207 g/mol. The van der Waals surface area contributed by atoms with Crippen molar-refractivity contribution in [3.05, 3.63) is 17.5 Å². The van der Waals surface area contributed by atoms with Gasteiger partial charge in [-0.05, 0) is 25.3 Å². The van der Waals surface area contributed by atoms with Crippen LogP contribution in [0.2, 0.25) is 0 Å². The van der Waals surface area contributed by atoms with E-state index in [1.54, 1.807) is 10.9 Å². The Hall–Kier alpha value is -0.900. The summed E-state index contributed by atoms with van der Waals surface area (Å²) in [5.41, 5.74) is 1.75. The molecule has 0 bridgehead atoms. The predicted octanol–water partition coefficient (Wildman–Crippen LogP) is 2.60. The van der Waals surface area contributed by atoms with Crippen LogP contribution in [0.3, 0.4) is 0 Å². The molecule has 0 saturated heterocycles. The van der Waals surface area contributed by atoms with E-state index in [-0.39, 0.29) is 11.6 Å². The van der Waals surface area contributed by atoms with Crippen molar-refractivity contribution in [3.63, 3.8) is 0 Å². The first kappa shape index (κ1) is 11.6. The molecule has 0 saturated carbocycles. The van der Waals surface area contributed by atoms with E-state index in [0.717, 1.165) is 11.3 Å². The molecule has 90 valence electrons. The van der Waals surface area contributed by atoms with Gasteiger partial charge in [0.15, 0.2) is 0 Å². The van der Waals surface area contributed by atoms with E-state index in [4.69, 9.17) is 4.74 Å². The second kappa shape index (κ2) is 3.84. The van der Waals surface area contributed by atoms with Crippen LogP contribution in [0.25, 0.3) is 0 Å². The standard InChI is InChI=1S/C12H19FN2O/c1-8(2)12(4)11-9(3)6-14-15(11)10(5-13)7-16-12/h6,8,10H,5,7H2,1-4H3. The number of rotatable bonds is 2. The van der Waals surface area contributed by atoms with Gasteiger partial charge in [-0.2, -0.15) is 5.10 Å². The average Bonchev–Trinajstić information content (AvgIpc) is 2.62. The Morgan fingerprint density at radius 3 is 2.94 bits per heavy atom. The summed E-state index contributed by atoms with van der Waals surface area (Å²) < 4.78 is 20.6. The van der Waals surface area contributed by atoms with Crippen LogP contribution in [0.1, 0.15) is 38.1 Å². The molecule has 2 unspecified atom stereocenters. The third-order valence-corrected chi connectivity index (χ3v) is 3.65. The van der Waals surface area contributed by atoms with Crippen molar-refractivity contribution < 1.29 is 9.13 Å². The molecule has 3 nitrogen and oxygen atoms in total. The normalized spacial score (nSPS) is 29.5. The molecule has 0 amide bonds. The summed E-state index contributed by atoms with van der Waals surface area (Å²) in [5, 5.41) is 4.28. The van der Waals surface area contributed by atoms with Crippen LogP contribution >= 0.6 is 0 Å². The van der Waals surface area contributed by atoms with E-state index in [1.807, 2.05) is 6.92 Å². The molecule has 1 aromatic rings. The number of hydrogen-bond donors (Lipinski definition) is 0. The number of halogens is 1. The summed E-state index contributed by atoms with van der Waals surface area (Å²) in [4.78, 5) is 0. The van der Waals surface area contributed by atoms with Crippen molar-refractivity contribution in [1.82, 2.24) is 9.78 Å². The third-order valence-electron chi connectivity index (χ3n) is 3.65. The predicted molar refractivity (Wildman–Crippen MR) is 60.1 cm³/mol. The van der Waals surface area contributed by atoms with Crippen molar-refractivity contribution >= 4 is 0 Å². The Morgan fingerprint density at radius 1 is 1.69 bits per heavy atom. The molecule has 2 atom stereocenters. The molecule has 0 aliphatic carbocycles. The largest absolute Gasteiger partial charge is 0.366 e. The van der Waals surface area contributed by atoms with Crippen LogP contribution in [0.5, 0.6) is 0 Å². The lowest BCUT2D eigenvalue weighted by atomic mass is 9.85. The van der Waals surface area contributed by atoms with Gasteiger partial charge >= 0.3 is 0 Å². The monoisotopic (exact) mass is 226 g/mol. The van der Waals surface area contributed by atoms with Crippen LogP contribution in [0.4, 0.5) is 4.39 Å². The lowest BCUT2D eigenvalue weighted by Gasteiger charge is -2.41. The summed E-state index contributed by atoms with van der Waals surface area (Å²) >= 11 is 0. The van der Waals surface area contributed by atoms with E-state index >= 15 is 0 Å². The maximum Gasteiger partial charge on any atom is 0.114 e. The first-order valence-corrected chi connectivity index (χ1v) is 5.75. The number of nitrogens with zero attached hydrogens (tertiary/aromatic N) is 2. The van der Waals surface area contributed by atoms with Gasteiger partial charge < -0.3 is 4.74 Å². The Kier molecular flexibility index (Phi) is 2.78. The molecule has 0 spiro atoms. The highest BCUT2D eigenvalue weighted by molar-refractivity contribution is 5.25. The van der Waals surface area contributed by atoms with E-state index in [0.29, 0.717) is 12.5 Å². The van der Waals surface area contributed by atoms with Gasteiger partial charge in [-0.1, -0.05) is 13.8 Å². The minimum Gasteiger partial charge on any atom is -0.366 e. The maximum absolute atomic E-state index is 12.9. The van der Waals surface area contributed by atoms with Gasteiger partial charge in [0.2, 0.25) is 0 Å². The second-order valence-electron chi connectivity index (χ2n) is 5.00.